The highest BCUT2D eigenvalue weighted by atomic mass is 16.5. The molecule has 1 unspecified atom stereocenters. The van der Waals surface area contributed by atoms with Crippen LogP contribution >= 0.6 is 0 Å². The standard InChI is InChI=1S/C18H25N3O4/c1-20(2)17(23)15-11-16-14(7-9-25-16)21(15)18(24)19-8-6-12-4-3-5-13(22)10-12/h3-5,10,14-16,22H,6-9,11H2,1-2H3,(H,19,24)/t14-,15?,16-/m0/s1. The number of fused-ring (bicyclic) bond motifs is 1. The van der Waals surface area contributed by atoms with Crippen LogP contribution in [0.4, 0.5) is 4.79 Å². The lowest BCUT2D eigenvalue weighted by Crippen LogP contribution is -2.52. The lowest BCUT2D eigenvalue weighted by Gasteiger charge is -2.30. The Bertz CT molecular complexity index is 649. The van der Waals surface area contributed by atoms with Crippen LogP contribution < -0.4 is 5.32 Å². The van der Waals surface area contributed by atoms with Gasteiger partial charge in [-0.25, -0.2) is 4.79 Å². The van der Waals surface area contributed by atoms with Gasteiger partial charge in [0.05, 0.1) is 12.1 Å². The molecule has 1 aromatic rings. The molecule has 0 aliphatic carbocycles. The molecule has 0 radical (unpaired) electrons. The first-order valence-electron chi connectivity index (χ1n) is 8.64. The van der Waals surface area contributed by atoms with E-state index in [-0.39, 0.29) is 29.8 Å². The lowest BCUT2D eigenvalue weighted by atomic mass is 10.1. The predicted octanol–water partition coefficient (Wildman–Crippen LogP) is 0.964. The summed E-state index contributed by atoms with van der Waals surface area (Å²) in [6, 6.07) is 6.25. The van der Waals surface area contributed by atoms with Crippen LogP contribution in [0.5, 0.6) is 5.75 Å². The Kier molecular flexibility index (Phi) is 5.13. The zero-order valence-corrected chi connectivity index (χ0v) is 14.6. The third-order valence-electron chi connectivity index (χ3n) is 4.88. The first kappa shape index (κ1) is 17.5. The van der Waals surface area contributed by atoms with Crippen molar-refractivity contribution < 1.29 is 19.4 Å². The van der Waals surface area contributed by atoms with Crippen LogP contribution in [0.3, 0.4) is 0 Å². The van der Waals surface area contributed by atoms with Crippen LogP contribution in [0.1, 0.15) is 18.4 Å². The van der Waals surface area contributed by atoms with Crippen molar-refractivity contribution in [2.24, 2.45) is 0 Å². The summed E-state index contributed by atoms with van der Waals surface area (Å²) in [4.78, 5) is 28.4. The SMILES string of the molecule is CN(C)C(=O)C1C[C@@H]2OCC[C@@H]2N1C(=O)NCCc1cccc(O)c1. The number of hydrogen-bond donors (Lipinski definition) is 2. The summed E-state index contributed by atoms with van der Waals surface area (Å²) in [6.45, 7) is 1.07. The topological polar surface area (TPSA) is 82.1 Å². The normalized spacial score (nSPS) is 24.9. The molecule has 7 nitrogen and oxygen atoms in total. The lowest BCUT2D eigenvalue weighted by molar-refractivity contribution is -0.133. The van der Waals surface area contributed by atoms with Gasteiger partial charge < -0.3 is 25.0 Å². The maximum Gasteiger partial charge on any atom is 0.318 e. The average Bonchev–Trinajstić information content (AvgIpc) is 3.14. The van der Waals surface area contributed by atoms with E-state index in [0.29, 0.717) is 26.0 Å². The van der Waals surface area contributed by atoms with E-state index < -0.39 is 6.04 Å². The van der Waals surface area contributed by atoms with Crippen LogP contribution in [0.25, 0.3) is 0 Å². The van der Waals surface area contributed by atoms with Crippen molar-refractivity contribution >= 4 is 11.9 Å². The van der Waals surface area contributed by atoms with Gasteiger partial charge in [-0.2, -0.15) is 0 Å². The average molecular weight is 347 g/mol. The smallest absolute Gasteiger partial charge is 0.318 e. The van der Waals surface area contributed by atoms with E-state index in [0.717, 1.165) is 12.0 Å². The summed E-state index contributed by atoms with van der Waals surface area (Å²) in [5, 5.41) is 12.4. The Hall–Kier alpha value is -2.28. The highest BCUT2D eigenvalue weighted by Gasteiger charge is 2.50. The number of aromatic hydroxyl groups is 1. The van der Waals surface area contributed by atoms with E-state index in [1.807, 2.05) is 6.07 Å². The van der Waals surface area contributed by atoms with E-state index in [9.17, 15) is 14.7 Å². The van der Waals surface area contributed by atoms with Crippen molar-refractivity contribution in [2.45, 2.75) is 37.5 Å². The molecule has 0 bridgehead atoms. The summed E-state index contributed by atoms with van der Waals surface area (Å²) in [5.74, 6) is 0.145. The number of likely N-dealkylation sites (tertiary alicyclic amines) is 1. The van der Waals surface area contributed by atoms with Crippen molar-refractivity contribution in [3.05, 3.63) is 29.8 Å². The summed E-state index contributed by atoms with van der Waals surface area (Å²) in [7, 11) is 3.41. The molecular weight excluding hydrogens is 322 g/mol. The highest BCUT2D eigenvalue weighted by molar-refractivity contribution is 5.88. The predicted molar refractivity (Wildman–Crippen MR) is 92.3 cm³/mol. The summed E-state index contributed by atoms with van der Waals surface area (Å²) in [6.07, 6.45) is 1.89. The summed E-state index contributed by atoms with van der Waals surface area (Å²) >= 11 is 0. The molecule has 0 aromatic heterocycles. The number of urea groups is 1. The quantitative estimate of drug-likeness (QED) is 0.850. The number of phenols is 1. The number of likely N-dealkylation sites (N-methyl/N-ethyl adjacent to an activating group) is 1. The van der Waals surface area contributed by atoms with E-state index in [4.69, 9.17) is 4.74 Å². The molecule has 3 rings (SSSR count). The fourth-order valence-electron chi connectivity index (χ4n) is 3.67. The van der Waals surface area contributed by atoms with Crippen LogP contribution in [-0.4, -0.2) is 72.3 Å². The molecule has 2 fully saturated rings. The number of nitrogens with zero attached hydrogens (tertiary/aromatic N) is 2. The maximum absolute atomic E-state index is 12.7. The number of carbonyl (C=O) groups is 2. The van der Waals surface area contributed by atoms with Gasteiger partial charge in [0.15, 0.2) is 0 Å². The molecule has 136 valence electrons. The molecule has 0 spiro atoms. The van der Waals surface area contributed by atoms with Crippen molar-refractivity contribution in [3.63, 3.8) is 0 Å². The van der Waals surface area contributed by atoms with Crippen molar-refractivity contribution in [1.82, 2.24) is 15.1 Å². The van der Waals surface area contributed by atoms with Crippen molar-refractivity contribution in [3.8, 4) is 5.75 Å². The molecule has 2 saturated heterocycles. The maximum atomic E-state index is 12.7. The molecular formula is C18H25N3O4. The van der Waals surface area contributed by atoms with Gasteiger partial charge >= 0.3 is 6.03 Å². The van der Waals surface area contributed by atoms with Crippen LogP contribution in [0.15, 0.2) is 24.3 Å². The number of hydrogen-bond acceptors (Lipinski definition) is 4. The number of phenolic OH excluding ortho intramolecular Hbond substituents is 1. The molecule has 3 atom stereocenters. The summed E-state index contributed by atoms with van der Waals surface area (Å²) in [5.41, 5.74) is 0.949. The van der Waals surface area contributed by atoms with E-state index >= 15 is 0 Å². The van der Waals surface area contributed by atoms with Gasteiger partial charge in [-0.15, -0.1) is 0 Å². The second kappa shape index (κ2) is 7.31. The van der Waals surface area contributed by atoms with Gasteiger partial charge in [-0.1, -0.05) is 12.1 Å². The zero-order valence-electron chi connectivity index (χ0n) is 14.6. The van der Waals surface area contributed by atoms with Gasteiger partial charge in [-0.05, 0) is 30.5 Å². The van der Waals surface area contributed by atoms with Crippen molar-refractivity contribution in [1.29, 1.82) is 0 Å². The van der Waals surface area contributed by atoms with Gasteiger partial charge in [0, 0.05) is 33.7 Å². The van der Waals surface area contributed by atoms with Crippen LogP contribution in [0.2, 0.25) is 0 Å². The molecule has 2 aliphatic rings. The minimum atomic E-state index is -0.467. The number of ether oxygens (including phenoxy) is 1. The number of rotatable bonds is 4. The second-order valence-corrected chi connectivity index (χ2v) is 6.81. The Labute approximate surface area is 147 Å². The number of benzene rings is 1. The number of nitrogens with one attached hydrogen (secondary N) is 1. The Morgan fingerprint density at radius 3 is 2.92 bits per heavy atom. The van der Waals surface area contributed by atoms with Gasteiger partial charge in [0.1, 0.15) is 11.8 Å². The third-order valence-corrected chi connectivity index (χ3v) is 4.88. The molecule has 2 aliphatic heterocycles. The minimum absolute atomic E-state index is 0.0327. The molecule has 25 heavy (non-hydrogen) atoms. The zero-order chi connectivity index (χ0) is 18.0. The van der Waals surface area contributed by atoms with Gasteiger partial charge in [0.25, 0.3) is 0 Å². The fourth-order valence-corrected chi connectivity index (χ4v) is 3.67. The van der Waals surface area contributed by atoms with E-state index in [1.165, 1.54) is 4.90 Å². The fraction of sp³-hybridized carbons (Fsp3) is 0.556. The Balaban J connectivity index is 1.62. The first-order chi connectivity index (χ1) is 12.0. The molecule has 3 amide bonds. The number of amides is 3. The Morgan fingerprint density at radius 2 is 2.20 bits per heavy atom. The monoisotopic (exact) mass is 347 g/mol. The minimum Gasteiger partial charge on any atom is -0.508 e. The van der Waals surface area contributed by atoms with Crippen molar-refractivity contribution in [2.75, 3.05) is 27.2 Å². The highest BCUT2D eigenvalue weighted by Crippen LogP contribution is 2.34. The van der Waals surface area contributed by atoms with Gasteiger partial charge in [0.2, 0.25) is 5.91 Å². The van der Waals surface area contributed by atoms with Crippen LogP contribution in [0, 0.1) is 0 Å². The second-order valence-electron chi connectivity index (χ2n) is 6.81. The van der Waals surface area contributed by atoms with E-state index in [1.54, 1.807) is 37.2 Å². The van der Waals surface area contributed by atoms with Gasteiger partial charge in [-0.3, -0.25) is 4.79 Å². The number of carbonyl (C=O) groups excluding carboxylic acids is 2. The molecule has 2 N–H and O–H groups in total. The molecule has 2 heterocycles. The molecule has 7 heteroatoms. The van der Waals surface area contributed by atoms with E-state index in [2.05, 4.69) is 5.32 Å². The third kappa shape index (κ3) is 3.71. The first-order valence-corrected chi connectivity index (χ1v) is 8.64. The summed E-state index contributed by atoms with van der Waals surface area (Å²) < 4.78 is 5.68. The van der Waals surface area contributed by atoms with Crippen LogP contribution in [-0.2, 0) is 16.0 Å². The molecule has 1 aromatic carbocycles. The largest absolute Gasteiger partial charge is 0.508 e. The Morgan fingerprint density at radius 1 is 1.40 bits per heavy atom. The molecule has 0 saturated carbocycles.